The number of unbranched alkanes of at least 4 members (excludes halogenated alkanes) is 3. The summed E-state index contributed by atoms with van der Waals surface area (Å²) in [5.74, 6) is 1.36. The Hall–Kier alpha value is -3.87. The molecule has 0 fully saturated rings. The Labute approximate surface area is 219 Å². The van der Waals surface area contributed by atoms with E-state index in [-0.39, 0.29) is 0 Å². The number of hydrogen-bond acceptors (Lipinski definition) is 6. The highest BCUT2D eigenvalue weighted by Gasteiger charge is 2.18. The third-order valence-corrected chi connectivity index (χ3v) is 6.34. The van der Waals surface area contributed by atoms with Gasteiger partial charge in [-0.1, -0.05) is 50.3 Å². The number of benzene rings is 2. The molecule has 0 atom stereocenters. The molecular formula is C30H38N6O. The van der Waals surface area contributed by atoms with Crippen LogP contribution in [0.3, 0.4) is 0 Å². The molecule has 7 nitrogen and oxygen atoms in total. The monoisotopic (exact) mass is 498 g/mol. The number of allylic oxidation sites excluding steroid dienone is 1. The Kier molecular flexibility index (Phi) is 8.77. The number of hydrazone groups is 1. The van der Waals surface area contributed by atoms with E-state index >= 15 is 0 Å². The van der Waals surface area contributed by atoms with E-state index in [2.05, 4.69) is 47.2 Å². The first-order valence-electron chi connectivity index (χ1n) is 13.2. The molecule has 0 unspecified atom stereocenters. The summed E-state index contributed by atoms with van der Waals surface area (Å²) in [5, 5.41) is 5.25. The van der Waals surface area contributed by atoms with Gasteiger partial charge in [-0.3, -0.25) is 5.43 Å². The van der Waals surface area contributed by atoms with Crippen LogP contribution in [0.25, 0.3) is 27.5 Å². The average molecular weight is 499 g/mol. The zero-order valence-corrected chi connectivity index (χ0v) is 22.3. The molecule has 194 valence electrons. The predicted octanol–water partition coefficient (Wildman–Crippen LogP) is 7.02. The van der Waals surface area contributed by atoms with E-state index in [0.717, 1.165) is 89.7 Å². The maximum Gasteiger partial charge on any atom is 0.152 e. The van der Waals surface area contributed by atoms with Crippen LogP contribution >= 0.6 is 0 Å². The number of nitrogens with two attached hydrogens (primary N) is 1. The number of nitrogens with one attached hydrogen (secondary N) is 1. The maximum atomic E-state index is 6.33. The number of aryl methyl sites for hydroxylation is 1. The number of imidazole rings is 1. The normalized spacial score (nSPS) is 11.1. The minimum absolute atomic E-state index is 0.448. The van der Waals surface area contributed by atoms with Gasteiger partial charge in [0.05, 0.1) is 11.2 Å². The van der Waals surface area contributed by atoms with Crippen LogP contribution < -0.4 is 16.0 Å². The van der Waals surface area contributed by atoms with Crippen molar-refractivity contribution in [2.75, 3.05) is 17.8 Å². The van der Waals surface area contributed by atoms with Gasteiger partial charge < -0.3 is 10.6 Å². The van der Waals surface area contributed by atoms with Crippen molar-refractivity contribution in [2.45, 2.75) is 65.7 Å². The van der Waals surface area contributed by atoms with E-state index < -0.39 is 0 Å². The summed E-state index contributed by atoms with van der Waals surface area (Å²) in [6.07, 6.45) is 7.02. The average Bonchev–Trinajstić information content (AvgIpc) is 3.27. The smallest absolute Gasteiger partial charge is 0.152 e. The van der Waals surface area contributed by atoms with E-state index in [1.54, 1.807) is 0 Å². The van der Waals surface area contributed by atoms with Crippen LogP contribution in [0.1, 0.15) is 70.7 Å². The molecular weight excluding hydrogens is 460 g/mol. The van der Waals surface area contributed by atoms with Crippen molar-refractivity contribution in [3.05, 3.63) is 66.5 Å². The second-order valence-electron chi connectivity index (χ2n) is 9.63. The first-order chi connectivity index (χ1) is 18.0. The van der Waals surface area contributed by atoms with Gasteiger partial charge in [0.15, 0.2) is 5.82 Å². The van der Waals surface area contributed by atoms with Gasteiger partial charge in [0, 0.05) is 17.5 Å². The molecule has 0 amide bonds. The molecule has 0 bridgehead atoms. The Morgan fingerprint density at radius 1 is 1.03 bits per heavy atom. The fraction of sp³-hybridized carbons (Fsp3) is 0.367. The zero-order chi connectivity index (χ0) is 26.2. The van der Waals surface area contributed by atoms with Gasteiger partial charge in [0.25, 0.3) is 0 Å². The van der Waals surface area contributed by atoms with Gasteiger partial charge in [-0.15, -0.1) is 0 Å². The molecule has 0 aliphatic heterocycles. The minimum atomic E-state index is 0.448. The highest BCUT2D eigenvalue weighted by atomic mass is 16.7. The summed E-state index contributed by atoms with van der Waals surface area (Å²) >= 11 is 0. The first kappa shape index (κ1) is 26.2. The zero-order valence-electron chi connectivity index (χ0n) is 22.3. The van der Waals surface area contributed by atoms with Crippen molar-refractivity contribution in [3.8, 4) is 0 Å². The van der Waals surface area contributed by atoms with E-state index in [0.29, 0.717) is 12.4 Å². The van der Waals surface area contributed by atoms with E-state index in [4.69, 9.17) is 15.6 Å². The Morgan fingerprint density at radius 3 is 2.57 bits per heavy atom. The molecule has 0 aliphatic rings. The quantitative estimate of drug-likeness (QED) is 0.117. The predicted molar refractivity (Wildman–Crippen MR) is 156 cm³/mol. The third-order valence-electron chi connectivity index (χ3n) is 6.34. The van der Waals surface area contributed by atoms with Crippen LogP contribution in [0.2, 0.25) is 0 Å². The van der Waals surface area contributed by atoms with Gasteiger partial charge in [0.2, 0.25) is 0 Å². The van der Waals surface area contributed by atoms with Crippen molar-refractivity contribution in [1.29, 1.82) is 0 Å². The Morgan fingerprint density at radius 2 is 1.81 bits per heavy atom. The number of nitrogen functional groups attached to an aromatic ring is 1. The molecule has 2 heterocycles. The van der Waals surface area contributed by atoms with Crippen LogP contribution in [0.15, 0.2) is 60.2 Å². The van der Waals surface area contributed by atoms with Crippen molar-refractivity contribution >= 4 is 44.7 Å². The topological polar surface area (TPSA) is 90.4 Å². The molecule has 0 saturated carbocycles. The highest BCUT2D eigenvalue weighted by molar-refractivity contribution is 6.06. The molecule has 4 aromatic rings. The third kappa shape index (κ3) is 6.47. The van der Waals surface area contributed by atoms with E-state index in [1.165, 1.54) is 5.56 Å². The fourth-order valence-electron chi connectivity index (χ4n) is 4.33. The number of aromatic nitrogens is 3. The lowest BCUT2D eigenvalue weighted by molar-refractivity contribution is 0.108. The molecule has 37 heavy (non-hydrogen) atoms. The van der Waals surface area contributed by atoms with Gasteiger partial charge in [-0.05, 0) is 75.3 Å². The summed E-state index contributed by atoms with van der Waals surface area (Å²) in [6, 6.07) is 16.3. The molecule has 2 aromatic heterocycles. The number of pyridine rings is 1. The summed E-state index contributed by atoms with van der Waals surface area (Å²) in [4.78, 5) is 15.7. The molecule has 0 saturated heterocycles. The Bertz CT molecular complexity index is 1380. The van der Waals surface area contributed by atoms with Crippen molar-refractivity contribution < 1.29 is 4.84 Å². The van der Waals surface area contributed by atoms with Crippen LogP contribution in [0, 0.1) is 0 Å². The number of nitrogens with zero attached hydrogens (tertiary/aromatic N) is 4. The van der Waals surface area contributed by atoms with Crippen molar-refractivity contribution in [2.24, 2.45) is 5.10 Å². The largest absolute Gasteiger partial charge is 0.412 e. The molecule has 2 aromatic carbocycles. The lowest BCUT2D eigenvalue weighted by Gasteiger charge is -2.12. The standard InChI is InChI=1S/C30H38N6O/c1-5-6-15-27-33-28-29(25-13-9-10-14-26(25)32-30(28)31)36(27)37-20-11-7-8-12-22(4)23-16-18-24(19-17-23)35-34-21(2)3/h9-10,13-14,16-19,35H,4-8,11-12,15,20H2,1-3H3,(H2,31,32). The maximum absolute atomic E-state index is 6.33. The van der Waals surface area contributed by atoms with E-state index in [9.17, 15) is 0 Å². The number of hydrogen-bond donors (Lipinski definition) is 2. The van der Waals surface area contributed by atoms with Crippen LogP contribution in [0.4, 0.5) is 11.5 Å². The first-order valence-corrected chi connectivity index (χ1v) is 13.2. The second-order valence-corrected chi connectivity index (χ2v) is 9.63. The van der Waals surface area contributed by atoms with Crippen molar-refractivity contribution in [3.63, 3.8) is 0 Å². The Balaban J connectivity index is 1.34. The molecule has 0 spiro atoms. The molecule has 7 heteroatoms. The number of rotatable bonds is 13. The SMILES string of the molecule is C=C(CCCCCOn1c(CCCC)nc2c(N)nc3ccccc3c21)c1ccc(NN=C(C)C)cc1. The molecule has 0 aliphatic carbocycles. The number of anilines is 2. The van der Waals surface area contributed by atoms with Crippen molar-refractivity contribution in [1.82, 2.24) is 14.7 Å². The summed E-state index contributed by atoms with van der Waals surface area (Å²) in [7, 11) is 0. The van der Waals surface area contributed by atoms with Gasteiger partial charge in [-0.25, -0.2) is 9.97 Å². The van der Waals surface area contributed by atoms with Gasteiger partial charge in [0.1, 0.15) is 23.5 Å². The molecule has 0 radical (unpaired) electrons. The van der Waals surface area contributed by atoms with Crippen LogP contribution in [-0.2, 0) is 6.42 Å². The highest BCUT2D eigenvalue weighted by Crippen LogP contribution is 2.29. The number of para-hydroxylation sites is 1. The minimum Gasteiger partial charge on any atom is -0.412 e. The fourth-order valence-corrected chi connectivity index (χ4v) is 4.33. The van der Waals surface area contributed by atoms with Crippen LogP contribution in [-0.4, -0.2) is 27.0 Å². The molecule has 3 N–H and O–H groups in total. The van der Waals surface area contributed by atoms with Gasteiger partial charge in [-0.2, -0.15) is 9.83 Å². The number of fused-ring (bicyclic) bond motifs is 3. The molecule has 4 rings (SSSR count). The summed E-state index contributed by atoms with van der Waals surface area (Å²) < 4.78 is 1.91. The summed E-state index contributed by atoms with van der Waals surface area (Å²) in [5.41, 5.74) is 16.1. The lowest BCUT2D eigenvalue weighted by atomic mass is 10.0. The lowest BCUT2D eigenvalue weighted by Crippen LogP contribution is -2.16. The summed E-state index contributed by atoms with van der Waals surface area (Å²) in [6.45, 7) is 11.0. The second kappa shape index (κ2) is 12.4. The van der Waals surface area contributed by atoms with E-state index in [1.807, 2.05) is 48.9 Å². The van der Waals surface area contributed by atoms with Crippen LogP contribution in [0.5, 0.6) is 0 Å². The van der Waals surface area contributed by atoms with Gasteiger partial charge >= 0.3 is 0 Å².